The summed E-state index contributed by atoms with van der Waals surface area (Å²) >= 11 is 0. The number of carbonyl (C=O) groups is 2. The lowest BCUT2D eigenvalue weighted by molar-refractivity contribution is -0.154. The van der Waals surface area contributed by atoms with E-state index in [0.717, 1.165) is 77.0 Å². The molecule has 0 bridgehead atoms. The summed E-state index contributed by atoms with van der Waals surface area (Å²) in [5.74, 6) is -1.79. The largest absolute Gasteiger partial charge is 0.480 e. The van der Waals surface area contributed by atoms with E-state index < -0.39 is 45.1 Å². The second-order valence-corrected chi connectivity index (χ2v) is 17.0. The molecule has 0 rings (SSSR count). The Balaban J connectivity index is 4.22. The van der Waals surface area contributed by atoms with Crippen LogP contribution in [-0.2, 0) is 32.7 Å². The van der Waals surface area contributed by atoms with Crippen molar-refractivity contribution in [1.82, 2.24) is 0 Å². The second-order valence-electron chi connectivity index (χ2n) is 15.5. The van der Waals surface area contributed by atoms with Crippen molar-refractivity contribution in [2.75, 3.05) is 26.4 Å². The first-order valence-corrected chi connectivity index (χ1v) is 24.8. The summed E-state index contributed by atoms with van der Waals surface area (Å²) in [6.07, 6.45) is 52.7. The van der Waals surface area contributed by atoms with Crippen LogP contribution in [-0.4, -0.2) is 60.5 Å². The molecule has 0 aromatic carbocycles. The molecule has 4 N–H and O–H groups in total. The fraction of sp³-hybridized carbons (Fsp3) is 0.750. The van der Waals surface area contributed by atoms with Gasteiger partial charge in [0, 0.05) is 13.0 Å². The number of ether oxygens (including phenoxy) is 2. The van der Waals surface area contributed by atoms with Gasteiger partial charge in [-0.25, -0.2) is 4.57 Å². The molecule has 0 aromatic rings. The fourth-order valence-corrected chi connectivity index (χ4v) is 6.96. The van der Waals surface area contributed by atoms with Crippen LogP contribution in [0.5, 0.6) is 0 Å². The Morgan fingerprint density at radius 2 is 0.983 bits per heavy atom. The standard InChI is InChI=1S/C48H86NO9P/c1-3-5-7-9-11-13-15-17-19-21-22-23-24-25-26-28-30-32-34-36-38-40-47(50)58-45(43-56-59(53,54)57-44-46(49)48(51)52)42-55-41-39-37-35-33-31-29-27-20-18-16-14-12-10-8-6-4-2/h6,8,12,14-15,17-18,20-22,45-46H,3-5,7,9-11,13,16,19,23-44,49H2,1-2H3,(H,51,52)(H,53,54)/b8-6-,14-12-,17-15-,20-18-,22-21-. The summed E-state index contributed by atoms with van der Waals surface area (Å²) in [7, 11) is -4.63. The number of carboxylic acid groups (broad SMARTS) is 1. The molecule has 0 aliphatic rings. The summed E-state index contributed by atoms with van der Waals surface area (Å²) in [4.78, 5) is 33.6. The average Bonchev–Trinajstić information content (AvgIpc) is 3.21. The molecule has 59 heavy (non-hydrogen) atoms. The molecule has 0 amide bonds. The summed E-state index contributed by atoms with van der Waals surface area (Å²) < 4.78 is 33.4. The normalized spacial score (nSPS) is 14.4. The summed E-state index contributed by atoms with van der Waals surface area (Å²) in [6.45, 7) is 3.73. The topological polar surface area (TPSA) is 155 Å². The molecule has 0 spiro atoms. The lowest BCUT2D eigenvalue weighted by atomic mass is 10.1. The first kappa shape index (κ1) is 56.7. The summed E-state index contributed by atoms with van der Waals surface area (Å²) in [6, 6.07) is -1.48. The minimum absolute atomic E-state index is 0.00425. The van der Waals surface area contributed by atoms with Gasteiger partial charge in [-0.1, -0.05) is 171 Å². The van der Waals surface area contributed by atoms with Gasteiger partial charge >= 0.3 is 19.8 Å². The van der Waals surface area contributed by atoms with E-state index in [2.05, 4.69) is 74.6 Å². The zero-order valence-corrected chi connectivity index (χ0v) is 38.2. The van der Waals surface area contributed by atoms with Gasteiger partial charge in [-0.3, -0.25) is 18.6 Å². The van der Waals surface area contributed by atoms with Crippen LogP contribution in [0, 0.1) is 0 Å². The highest BCUT2D eigenvalue weighted by Gasteiger charge is 2.27. The van der Waals surface area contributed by atoms with Crippen LogP contribution in [0.2, 0.25) is 0 Å². The molecule has 10 nitrogen and oxygen atoms in total. The number of hydrogen-bond donors (Lipinski definition) is 3. The van der Waals surface area contributed by atoms with Gasteiger partial charge in [0.2, 0.25) is 0 Å². The molecule has 0 aromatic heterocycles. The highest BCUT2D eigenvalue weighted by atomic mass is 31.2. The average molecular weight is 852 g/mol. The van der Waals surface area contributed by atoms with Crippen molar-refractivity contribution in [3.63, 3.8) is 0 Å². The van der Waals surface area contributed by atoms with Gasteiger partial charge in [0.25, 0.3) is 0 Å². The van der Waals surface area contributed by atoms with Crippen LogP contribution < -0.4 is 5.73 Å². The van der Waals surface area contributed by atoms with E-state index in [9.17, 15) is 19.0 Å². The number of carbonyl (C=O) groups excluding carboxylic acids is 1. The van der Waals surface area contributed by atoms with Crippen molar-refractivity contribution in [2.24, 2.45) is 5.73 Å². The molecule has 0 saturated heterocycles. The van der Waals surface area contributed by atoms with Gasteiger partial charge in [-0.05, 0) is 77.0 Å². The van der Waals surface area contributed by atoms with Gasteiger partial charge in [0.05, 0.1) is 19.8 Å². The Morgan fingerprint density at radius 3 is 1.47 bits per heavy atom. The number of unbranched alkanes of at least 4 members (excludes halogenated alkanes) is 20. The number of phosphoric ester groups is 1. The van der Waals surface area contributed by atoms with E-state index in [4.69, 9.17) is 29.4 Å². The Morgan fingerprint density at radius 1 is 0.559 bits per heavy atom. The summed E-state index contributed by atoms with van der Waals surface area (Å²) in [5.41, 5.74) is 5.36. The molecule has 0 heterocycles. The Kier molecular flexibility index (Phi) is 42.0. The smallest absolute Gasteiger partial charge is 0.472 e. The highest BCUT2D eigenvalue weighted by molar-refractivity contribution is 7.47. The second kappa shape index (κ2) is 43.7. The van der Waals surface area contributed by atoms with Crippen LogP contribution in [0.25, 0.3) is 0 Å². The van der Waals surface area contributed by atoms with Crippen molar-refractivity contribution in [2.45, 2.75) is 206 Å². The van der Waals surface area contributed by atoms with E-state index in [1.807, 2.05) is 0 Å². The molecular formula is C48H86NO9P. The quantitative estimate of drug-likeness (QED) is 0.0233. The molecule has 11 heteroatoms. The molecule has 0 aliphatic carbocycles. The highest BCUT2D eigenvalue weighted by Crippen LogP contribution is 2.43. The van der Waals surface area contributed by atoms with Crippen LogP contribution in [0.4, 0.5) is 0 Å². The zero-order chi connectivity index (χ0) is 43.3. The zero-order valence-electron chi connectivity index (χ0n) is 37.3. The number of aliphatic carboxylic acids is 1. The molecular weight excluding hydrogens is 765 g/mol. The number of hydrogen-bond acceptors (Lipinski definition) is 8. The van der Waals surface area contributed by atoms with Crippen LogP contribution in [0.1, 0.15) is 194 Å². The number of allylic oxidation sites excluding steroid dienone is 10. The molecule has 0 radical (unpaired) electrons. The van der Waals surface area contributed by atoms with Crippen molar-refractivity contribution >= 4 is 19.8 Å². The first-order valence-electron chi connectivity index (χ1n) is 23.3. The van der Waals surface area contributed by atoms with E-state index in [1.165, 1.54) is 89.9 Å². The summed E-state index contributed by atoms with van der Waals surface area (Å²) in [5, 5.41) is 8.91. The number of carboxylic acids is 1. The number of rotatable bonds is 44. The van der Waals surface area contributed by atoms with Crippen LogP contribution in [0.15, 0.2) is 60.8 Å². The SMILES string of the molecule is CC/C=C\C/C=C\C/C=C\CCCCCCCCOCC(COP(=O)(O)OCC(N)C(=O)O)OC(=O)CCCCCCCCCCC/C=C\C/C=C\CCCCCCC. The molecule has 342 valence electrons. The number of nitrogens with two attached hydrogens (primary N) is 1. The molecule has 0 fully saturated rings. The van der Waals surface area contributed by atoms with E-state index in [-0.39, 0.29) is 13.0 Å². The third-order valence-corrected chi connectivity index (χ3v) is 10.7. The molecule has 3 atom stereocenters. The van der Waals surface area contributed by atoms with Gasteiger partial charge in [-0.2, -0.15) is 0 Å². The van der Waals surface area contributed by atoms with Crippen molar-refractivity contribution in [3.05, 3.63) is 60.8 Å². The van der Waals surface area contributed by atoms with Gasteiger partial charge in [0.15, 0.2) is 0 Å². The Labute approximate surface area is 360 Å². The maximum atomic E-state index is 12.7. The third-order valence-electron chi connectivity index (χ3n) is 9.78. The van der Waals surface area contributed by atoms with Gasteiger partial charge in [-0.15, -0.1) is 0 Å². The van der Waals surface area contributed by atoms with Gasteiger partial charge in [0.1, 0.15) is 12.1 Å². The maximum Gasteiger partial charge on any atom is 0.472 e. The lowest BCUT2D eigenvalue weighted by Crippen LogP contribution is -2.34. The Bertz CT molecular complexity index is 1170. The van der Waals surface area contributed by atoms with Crippen molar-refractivity contribution < 1.29 is 42.7 Å². The predicted octanol–water partition coefficient (Wildman–Crippen LogP) is 13.2. The van der Waals surface area contributed by atoms with Crippen LogP contribution >= 0.6 is 7.82 Å². The molecule has 0 aliphatic heterocycles. The number of esters is 1. The first-order chi connectivity index (χ1) is 28.7. The minimum atomic E-state index is -4.63. The monoisotopic (exact) mass is 852 g/mol. The third kappa shape index (κ3) is 43.6. The molecule has 3 unspecified atom stereocenters. The van der Waals surface area contributed by atoms with E-state index >= 15 is 0 Å². The van der Waals surface area contributed by atoms with Gasteiger partial charge < -0.3 is 25.2 Å². The van der Waals surface area contributed by atoms with E-state index in [0.29, 0.717) is 13.0 Å². The van der Waals surface area contributed by atoms with Crippen molar-refractivity contribution in [1.29, 1.82) is 0 Å². The predicted molar refractivity (Wildman–Crippen MR) is 244 cm³/mol. The minimum Gasteiger partial charge on any atom is -0.480 e. The van der Waals surface area contributed by atoms with Crippen molar-refractivity contribution in [3.8, 4) is 0 Å². The van der Waals surface area contributed by atoms with E-state index in [1.54, 1.807) is 0 Å². The maximum absolute atomic E-state index is 12.7. The van der Waals surface area contributed by atoms with Crippen LogP contribution in [0.3, 0.4) is 0 Å². The lowest BCUT2D eigenvalue weighted by Gasteiger charge is -2.20. The fourth-order valence-electron chi connectivity index (χ4n) is 6.18. The molecule has 0 saturated carbocycles. The Hall–Kier alpha value is -2.33. The number of phosphoric acid groups is 1.